The molecule has 0 aliphatic carbocycles. The average Bonchev–Trinajstić information content (AvgIpc) is 2.56. The van der Waals surface area contributed by atoms with E-state index >= 15 is 0 Å². The number of piperidine rings is 2. The molecular formula is C13H22N4. The summed E-state index contributed by atoms with van der Waals surface area (Å²) in [6, 6.07) is 1.68. The van der Waals surface area contributed by atoms with Gasteiger partial charge in [0.2, 0.25) is 0 Å². The quantitative estimate of drug-likeness (QED) is 0.802. The zero-order valence-corrected chi connectivity index (χ0v) is 10.8. The van der Waals surface area contributed by atoms with E-state index in [1.807, 2.05) is 11.7 Å². The van der Waals surface area contributed by atoms with Crippen LogP contribution in [-0.2, 0) is 7.05 Å². The molecule has 2 unspecified atom stereocenters. The number of fused-ring (bicyclic) bond motifs is 2. The lowest BCUT2D eigenvalue weighted by Crippen LogP contribution is -2.55. The predicted octanol–water partition coefficient (Wildman–Crippen LogP) is 1.58. The molecule has 1 aromatic heterocycles. The Bertz CT molecular complexity index is 398. The molecule has 94 valence electrons. The van der Waals surface area contributed by atoms with Gasteiger partial charge in [-0.25, -0.2) is 0 Å². The van der Waals surface area contributed by atoms with Crippen LogP contribution in [0.2, 0.25) is 0 Å². The number of aromatic nitrogens is 2. The molecule has 0 radical (unpaired) electrons. The van der Waals surface area contributed by atoms with Gasteiger partial charge in [-0.2, -0.15) is 5.10 Å². The van der Waals surface area contributed by atoms with E-state index in [0.29, 0.717) is 18.1 Å². The Morgan fingerprint density at radius 2 is 1.94 bits per heavy atom. The van der Waals surface area contributed by atoms with Crippen molar-refractivity contribution in [3.8, 4) is 0 Å². The molecule has 2 aliphatic heterocycles. The summed E-state index contributed by atoms with van der Waals surface area (Å²) in [5.74, 6) is 0. The number of rotatable bonds is 1. The number of hydrogen-bond acceptors (Lipinski definition) is 3. The molecule has 4 heteroatoms. The Labute approximate surface area is 103 Å². The van der Waals surface area contributed by atoms with Gasteiger partial charge in [0, 0.05) is 31.4 Å². The van der Waals surface area contributed by atoms with E-state index in [0.717, 1.165) is 18.5 Å². The average molecular weight is 234 g/mol. The van der Waals surface area contributed by atoms with E-state index in [9.17, 15) is 0 Å². The molecule has 2 fully saturated rings. The Kier molecular flexibility index (Phi) is 2.62. The number of anilines is 1. The first-order valence-corrected chi connectivity index (χ1v) is 6.69. The summed E-state index contributed by atoms with van der Waals surface area (Å²) < 4.78 is 1.93. The molecule has 2 bridgehead atoms. The molecule has 0 aromatic carbocycles. The van der Waals surface area contributed by atoms with Crippen molar-refractivity contribution in [2.45, 2.75) is 57.2 Å². The molecule has 2 aliphatic rings. The Morgan fingerprint density at radius 1 is 1.29 bits per heavy atom. The van der Waals surface area contributed by atoms with E-state index < -0.39 is 0 Å². The third kappa shape index (κ3) is 1.84. The fraction of sp³-hybridized carbons (Fsp3) is 0.769. The highest BCUT2D eigenvalue weighted by molar-refractivity contribution is 5.52. The summed E-state index contributed by atoms with van der Waals surface area (Å²) in [5.41, 5.74) is 8.64. The molecule has 2 atom stereocenters. The fourth-order valence-electron chi connectivity index (χ4n) is 3.66. The topological polar surface area (TPSA) is 47.1 Å². The molecule has 0 amide bonds. The van der Waals surface area contributed by atoms with Crippen LogP contribution in [0.15, 0.2) is 6.20 Å². The second-order valence-electron chi connectivity index (χ2n) is 5.65. The molecule has 3 heterocycles. The van der Waals surface area contributed by atoms with E-state index in [2.05, 4.69) is 23.1 Å². The highest BCUT2D eigenvalue weighted by Gasteiger charge is 2.38. The van der Waals surface area contributed by atoms with Crippen molar-refractivity contribution in [2.24, 2.45) is 12.8 Å². The SMILES string of the molecule is Cc1nn(C)cc1N1C2CCCC1CC(N)C2. The summed E-state index contributed by atoms with van der Waals surface area (Å²) in [5, 5.41) is 4.48. The molecule has 3 rings (SSSR count). The van der Waals surface area contributed by atoms with Gasteiger partial charge in [-0.1, -0.05) is 0 Å². The van der Waals surface area contributed by atoms with Crippen LogP contribution in [0.4, 0.5) is 5.69 Å². The minimum atomic E-state index is 0.401. The van der Waals surface area contributed by atoms with Gasteiger partial charge in [-0.3, -0.25) is 4.68 Å². The van der Waals surface area contributed by atoms with Crippen LogP contribution in [0, 0.1) is 6.92 Å². The molecule has 4 nitrogen and oxygen atoms in total. The summed E-state index contributed by atoms with van der Waals surface area (Å²) in [7, 11) is 2.00. The van der Waals surface area contributed by atoms with E-state index in [1.165, 1.54) is 24.9 Å². The highest BCUT2D eigenvalue weighted by atomic mass is 15.3. The van der Waals surface area contributed by atoms with Gasteiger partial charge in [-0.15, -0.1) is 0 Å². The van der Waals surface area contributed by atoms with Gasteiger partial charge in [0.15, 0.2) is 0 Å². The van der Waals surface area contributed by atoms with Crippen molar-refractivity contribution in [1.29, 1.82) is 0 Å². The first-order valence-electron chi connectivity index (χ1n) is 6.69. The largest absolute Gasteiger partial charge is 0.363 e. The number of nitrogens with two attached hydrogens (primary N) is 1. The maximum atomic E-state index is 6.16. The third-order valence-electron chi connectivity index (χ3n) is 4.28. The highest BCUT2D eigenvalue weighted by Crippen LogP contribution is 2.38. The standard InChI is InChI=1S/C13H22N4/c1-9-13(8-16(2)15-9)17-11-4-3-5-12(17)7-10(14)6-11/h8,10-12H,3-7,14H2,1-2H3. The second-order valence-corrected chi connectivity index (χ2v) is 5.65. The lowest BCUT2D eigenvalue weighted by molar-refractivity contribution is 0.271. The first-order chi connectivity index (χ1) is 8.15. The van der Waals surface area contributed by atoms with Crippen LogP contribution in [0.5, 0.6) is 0 Å². The van der Waals surface area contributed by atoms with Crippen molar-refractivity contribution in [3.05, 3.63) is 11.9 Å². The predicted molar refractivity (Wildman–Crippen MR) is 69.1 cm³/mol. The van der Waals surface area contributed by atoms with Gasteiger partial charge in [0.1, 0.15) is 0 Å². The van der Waals surface area contributed by atoms with E-state index in [-0.39, 0.29) is 0 Å². The van der Waals surface area contributed by atoms with Crippen LogP contribution in [-0.4, -0.2) is 27.9 Å². The number of aryl methyl sites for hydroxylation is 2. The Hall–Kier alpha value is -1.03. The maximum Gasteiger partial charge on any atom is 0.0827 e. The van der Waals surface area contributed by atoms with Crippen LogP contribution < -0.4 is 10.6 Å². The van der Waals surface area contributed by atoms with Crippen molar-refractivity contribution in [3.63, 3.8) is 0 Å². The van der Waals surface area contributed by atoms with E-state index in [1.54, 1.807) is 0 Å². The molecular weight excluding hydrogens is 212 g/mol. The lowest BCUT2D eigenvalue weighted by atomic mass is 9.82. The fourth-order valence-corrected chi connectivity index (χ4v) is 3.66. The zero-order chi connectivity index (χ0) is 12.0. The molecule has 2 N–H and O–H groups in total. The minimum Gasteiger partial charge on any atom is -0.363 e. The van der Waals surface area contributed by atoms with Crippen LogP contribution in [0.25, 0.3) is 0 Å². The normalized spacial score (nSPS) is 32.9. The summed E-state index contributed by atoms with van der Waals surface area (Å²) in [6.45, 7) is 2.11. The summed E-state index contributed by atoms with van der Waals surface area (Å²) >= 11 is 0. The smallest absolute Gasteiger partial charge is 0.0827 e. The van der Waals surface area contributed by atoms with Crippen molar-refractivity contribution in [1.82, 2.24) is 9.78 Å². The molecule has 0 saturated carbocycles. The van der Waals surface area contributed by atoms with E-state index in [4.69, 9.17) is 5.73 Å². The van der Waals surface area contributed by atoms with Crippen molar-refractivity contribution in [2.75, 3.05) is 4.90 Å². The van der Waals surface area contributed by atoms with Crippen LogP contribution in [0.3, 0.4) is 0 Å². The molecule has 2 saturated heterocycles. The molecule has 1 aromatic rings. The second kappa shape index (κ2) is 4.02. The van der Waals surface area contributed by atoms with Gasteiger partial charge < -0.3 is 10.6 Å². The molecule has 17 heavy (non-hydrogen) atoms. The third-order valence-corrected chi connectivity index (χ3v) is 4.28. The minimum absolute atomic E-state index is 0.401. The monoisotopic (exact) mass is 234 g/mol. The van der Waals surface area contributed by atoms with Crippen molar-refractivity contribution >= 4 is 5.69 Å². The van der Waals surface area contributed by atoms with Crippen LogP contribution in [0.1, 0.15) is 37.8 Å². The summed E-state index contributed by atoms with van der Waals surface area (Å²) in [6.07, 6.45) is 8.39. The lowest BCUT2D eigenvalue weighted by Gasteiger charge is -2.49. The first kappa shape index (κ1) is 11.1. The maximum absolute atomic E-state index is 6.16. The Morgan fingerprint density at radius 3 is 2.47 bits per heavy atom. The molecule has 0 spiro atoms. The zero-order valence-electron chi connectivity index (χ0n) is 10.8. The van der Waals surface area contributed by atoms with Crippen LogP contribution >= 0.6 is 0 Å². The van der Waals surface area contributed by atoms with Gasteiger partial charge in [-0.05, 0) is 39.0 Å². The summed E-state index contributed by atoms with van der Waals surface area (Å²) in [4.78, 5) is 2.61. The number of nitrogens with zero attached hydrogens (tertiary/aromatic N) is 3. The number of hydrogen-bond donors (Lipinski definition) is 1. The van der Waals surface area contributed by atoms with Crippen molar-refractivity contribution < 1.29 is 0 Å². The van der Waals surface area contributed by atoms with Gasteiger partial charge in [0.25, 0.3) is 0 Å². The Balaban J connectivity index is 1.94. The van der Waals surface area contributed by atoms with Gasteiger partial charge in [0.05, 0.1) is 11.4 Å². The van der Waals surface area contributed by atoms with Gasteiger partial charge >= 0.3 is 0 Å².